The zero-order valence-corrected chi connectivity index (χ0v) is 13.0. The Hall–Kier alpha value is -1.07. The van der Waals surface area contributed by atoms with E-state index in [1.165, 1.54) is 18.9 Å². The minimum absolute atomic E-state index is 0.165. The van der Waals surface area contributed by atoms with Crippen molar-refractivity contribution in [3.63, 3.8) is 0 Å². The highest BCUT2D eigenvalue weighted by Crippen LogP contribution is 2.31. The molecule has 1 saturated carbocycles. The predicted molar refractivity (Wildman–Crippen MR) is 82.0 cm³/mol. The molecule has 1 aromatic rings. The highest BCUT2D eigenvalue weighted by atomic mass is 32.2. The summed E-state index contributed by atoms with van der Waals surface area (Å²) in [6.45, 7) is 4.54. The molecule has 0 aromatic heterocycles. The highest BCUT2D eigenvalue weighted by molar-refractivity contribution is 7.89. The van der Waals surface area contributed by atoms with Crippen LogP contribution in [0.3, 0.4) is 0 Å². The number of benzene rings is 1. The molecular formula is C15H24N2O2S. The van der Waals surface area contributed by atoms with Crippen LogP contribution in [0.15, 0.2) is 29.2 Å². The van der Waals surface area contributed by atoms with Gasteiger partial charge in [-0.05, 0) is 42.9 Å². The van der Waals surface area contributed by atoms with Gasteiger partial charge in [-0.25, -0.2) is 13.6 Å². The summed E-state index contributed by atoms with van der Waals surface area (Å²) in [6.07, 6.45) is 4.82. The summed E-state index contributed by atoms with van der Waals surface area (Å²) < 4.78 is 22.7. The molecule has 2 unspecified atom stereocenters. The van der Waals surface area contributed by atoms with E-state index in [0.29, 0.717) is 12.0 Å². The Labute approximate surface area is 121 Å². The van der Waals surface area contributed by atoms with Gasteiger partial charge in [0.25, 0.3) is 0 Å². The lowest BCUT2D eigenvalue weighted by atomic mass is 9.79. The van der Waals surface area contributed by atoms with Crippen LogP contribution in [0.2, 0.25) is 0 Å². The average Bonchev–Trinajstić information content (AvgIpc) is 2.38. The average molecular weight is 296 g/mol. The Bertz CT molecular complexity index is 555. The molecule has 0 bridgehead atoms. The Kier molecular flexibility index (Phi) is 4.70. The van der Waals surface area contributed by atoms with Gasteiger partial charge < -0.3 is 5.32 Å². The molecule has 1 aromatic carbocycles. The van der Waals surface area contributed by atoms with E-state index >= 15 is 0 Å². The number of nitrogens with one attached hydrogen (secondary N) is 1. The van der Waals surface area contributed by atoms with Crippen molar-refractivity contribution in [3.05, 3.63) is 24.3 Å². The standard InChI is InChI=1S/C15H24N2O2S/c1-11(2)12-5-3-6-13(9-12)17-14-7-4-8-15(10-14)20(16,18)19/h4,7-8,10-13,17H,3,5-6,9H2,1-2H3,(H2,16,18,19). The minimum atomic E-state index is -3.63. The van der Waals surface area contributed by atoms with Gasteiger partial charge in [-0.1, -0.05) is 32.8 Å². The van der Waals surface area contributed by atoms with Crippen LogP contribution in [0.25, 0.3) is 0 Å². The van der Waals surface area contributed by atoms with Gasteiger partial charge >= 0.3 is 0 Å². The van der Waals surface area contributed by atoms with E-state index in [0.717, 1.165) is 24.4 Å². The van der Waals surface area contributed by atoms with Crippen LogP contribution in [0, 0.1) is 11.8 Å². The third kappa shape index (κ3) is 3.96. The molecular weight excluding hydrogens is 272 g/mol. The monoisotopic (exact) mass is 296 g/mol. The van der Waals surface area contributed by atoms with Gasteiger partial charge in [0.05, 0.1) is 4.90 Å². The Morgan fingerprint density at radius 2 is 2.05 bits per heavy atom. The number of nitrogens with two attached hydrogens (primary N) is 1. The second-order valence-corrected chi connectivity index (χ2v) is 7.65. The Morgan fingerprint density at radius 3 is 2.70 bits per heavy atom. The van der Waals surface area contributed by atoms with Crippen molar-refractivity contribution in [2.75, 3.05) is 5.32 Å². The third-order valence-electron chi connectivity index (χ3n) is 4.19. The fourth-order valence-corrected chi connectivity index (χ4v) is 3.52. The van der Waals surface area contributed by atoms with Gasteiger partial charge in [0.15, 0.2) is 0 Å². The molecule has 0 saturated heterocycles. The number of primary sulfonamides is 1. The van der Waals surface area contributed by atoms with Crippen LogP contribution in [0.1, 0.15) is 39.5 Å². The molecule has 0 heterocycles. The Balaban J connectivity index is 2.06. The van der Waals surface area contributed by atoms with Crippen LogP contribution >= 0.6 is 0 Å². The van der Waals surface area contributed by atoms with Gasteiger partial charge in [0.1, 0.15) is 0 Å². The van der Waals surface area contributed by atoms with E-state index in [2.05, 4.69) is 19.2 Å². The van der Waals surface area contributed by atoms with Crippen molar-refractivity contribution >= 4 is 15.7 Å². The molecule has 1 aliphatic carbocycles. The van der Waals surface area contributed by atoms with Gasteiger partial charge in [0, 0.05) is 11.7 Å². The first-order valence-electron chi connectivity index (χ1n) is 7.25. The largest absolute Gasteiger partial charge is 0.382 e. The van der Waals surface area contributed by atoms with E-state index in [1.807, 2.05) is 6.07 Å². The van der Waals surface area contributed by atoms with E-state index in [4.69, 9.17) is 5.14 Å². The first kappa shape index (κ1) is 15.3. The maximum Gasteiger partial charge on any atom is 0.238 e. The molecule has 1 fully saturated rings. The van der Waals surface area contributed by atoms with E-state index in [-0.39, 0.29) is 4.90 Å². The lowest BCUT2D eigenvalue weighted by molar-refractivity contribution is 0.264. The van der Waals surface area contributed by atoms with E-state index in [9.17, 15) is 8.42 Å². The van der Waals surface area contributed by atoms with Gasteiger partial charge in [0.2, 0.25) is 10.0 Å². The third-order valence-corrected chi connectivity index (χ3v) is 5.10. The smallest absolute Gasteiger partial charge is 0.238 e. The molecule has 0 amide bonds. The molecule has 2 rings (SSSR count). The molecule has 2 atom stereocenters. The van der Waals surface area contributed by atoms with Crippen molar-refractivity contribution in [1.29, 1.82) is 0 Å². The second-order valence-electron chi connectivity index (χ2n) is 6.08. The molecule has 20 heavy (non-hydrogen) atoms. The normalized spacial score (nSPS) is 23.8. The number of sulfonamides is 1. The van der Waals surface area contributed by atoms with Crippen molar-refractivity contribution in [2.45, 2.75) is 50.5 Å². The summed E-state index contributed by atoms with van der Waals surface area (Å²) in [5, 5.41) is 8.62. The zero-order valence-electron chi connectivity index (χ0n) is 12.2. The molecule has 5 heteroatoms. The minimum Gasteiger partial charge on any atom is -0.382 e. The van der Waals surface area contributed by atoms with Crippen molar-refractivity contribution in [3.8, 4) is 0 Å². The summed E-state index contributed by atoms with van der Waals surface area (Å²) in [6, 6.07) is 7.19. The van der Waals surface area contributed by atoms with Gasteiger partial charge in [-0.2, -0.15) is 0 Å². The van der Waals surface area contributed by atoms with Crippen LogP contribution < -0.4 is 10.5 Å². The Morgan fingerprint density at radius 1 is 1.30 bits per heavy atom. The fraction of sp³-hybridized carbons (Fsp3) is 0.600. The topological polar surface area (TPSA) is 72.2 Å². The summed E-state index contributed by atoms with van der Waals surface area (Å²) in [5.41, 5.74) is 0.839. The molecule has 3 N–H and O–H groups in total. The summed E-state index contributed by atoms with van der Waals surface area (Å²) in [4.78, 5) is 0.165. The maximum absolute atomic E-state index is 11.4. The number of rotatable bonds is 4. The molecule has 0 aliphatic heterocycles. The number of hydrogen-bond donors (Lipinski definition) is 2. The second kappa shape index (κ2) is 6.14. The maximum atomic E-state index is 11.4. The van der Waals surface area contributed by atoms with Crippen molar-refractivity contribution < 1.29 is 8.42 Å². The number of anilines is 1. The first-order chi connectivity index (χ1) is 9.36. The zero-order chi connectivity index (χ0) is 14.8. The van der Waals surface area contributed by atoms with Crippen molar-refractivity contribution in [1.82, 2.24) is 0 Å². The molecule has 1 aliphatic rings. The molecule has 112 valence electrons. The van der Waals surface area contributed by atoms with Gasteiger partial charge in [-0.15, -0.1) is 0 Å². The predicted octanol–water partition coefficient (Wildman–Crippen LogP) is 2.96. The first-order valence-corrected chi connectivity index (χ1v) is 8.80. The summed E-state index contributed by atoms with van der Waals surface area (Å²) in [7, 11) is -3.63. The van der Waals surface area contributed by atoms with Crippen LogP contribution in [0.4, 0.5) is 5.69 Å². The van der Waals surface area contributed by atoms with Gasteiger partial charge in [-0.3, -0.25) is 0 Å². The summed E-state index contributed by atoms with van der Waals surface area (Å²) >= 11 is 0. The van der Waals surface area contributed by atoms with Crippen molar-refractivity contribution in [2.24, 2.45) is 17.0 Å². The SMILES string of the molecule is CC(C)C1CCCC(Nc2cccc(S(N)(=O)=O)c2)C1. The lowest BCUT2D eigenvalue weighted by Gasteiger charge is -2.32. The van der Waals surface area contributed by atoms with Crippen LogP contribution in [-0.2, 0) is 10.0 Å². The fourth-order valence-electron chi connectivity index (χ4n) is 2.96. The molecule has 4 nitrogen and oxygen atoms in total. The van der Waals surface area contributed by atoms with E-state index in [1.54, 1.807) is 12.1 Å². The number of hydrogen-bond acceptors (Lipinski definition) is 3. The van der Waals surface area contributed by atoms with E-state index < -0.39 is 10.0 Å². The molecule has 0 spiro atoms. The quantitative estimate of drug-likeness (QED) is 0.897. The highest BCUT2D eigenvalue weighted by Gasteiger charge is 2.24. The van der Waals surface area contributed by atoms with Crippen LogP contribution in [-0.4, -0.2) is 14.5 Å². The summed E-state index contributed by atoms with van der Waals surface area (Å²) in [5.74, 6) is 1.46. The lowest BCUT2D eigenvalue weighted by Crippen LogP contribution is -2.29. The van der Waals surface area contributed by atoms with Crippen LogP contribution in [0.5, 0.6) is 0 Å². The molecule has 0 radical (unpaired) electrons.